The van der Waals surface area contributed by atoms with Gasteiger partial charge in [0.25, 0.3) is 0 Å². The fraction of sp³-hybridized carbons (Fsp3) is 0.143. The van der Waals surface area contributed by atoms with E-state index < -0.39 is 120 Å². The van der Waals surface area contributed by atoms with Crippen molar-refractivity contribution in [2.45, 2.75) is 27.7 Å². The SMILES string of the molecule is Cc1c(F)c(F)cc(F)c1[B-](c1c(F)cc(F)c(F)c1C)(c1c(F)cc(F)c(F)c1C)c1c(F)cc(F)c(F)c1C.[Na+]. The molecule has 42 heavy (non-hydrogen) atoms. The van der Waals surface area contributed by atoms with Gasteiger partial charge in [0.2, 0.25) is 0 Å². The average molecular weight is 614 g/mol. The van der Waals surface area contributed by atoms with Crippen LogP contribution in [0.1, 0.15) is 22.3 Å². The van der Waals surface area contributed by atoms with Gasteiger partial charge in [0.15, 0.2) is 46.5 Å². The van der Waals surface area contributed by atoms with Crippen LogP contribution in [0.3, 0.4) is 0 Å². The van der Waals surface area contributed by atoms with Crippen molar-refractivity contribution in [2.75, 3.05) is 0 Å². The van der Waals surface area contributed by atoms with Crippen LogP contribution in [0.4, 0.5) is 52.7 Å². The second kappa shape index (κ2) is 11.7. The predicted octanol–water partition coefficient (Wildman–Crippen LogP) is 2.97. The van der Waals surface area contributed by atoms with E-state index in [4.69, 9.17) is 0 Å². The van der Waals surface area contributed by atoms with E-state index in [0.717, 1.165) is 0 Å². The molecule has 0 atom stereocenters. The Morgan fingerprint density at radius 1 is 0.333 bits per heavy atom. The quantitative estimate of drug-likeness (QED) is 0.189. The number of hydrogen-bond donors (Lipinski definition) is 0. The molecule has 0 fully saturated rings. The predicted molar refractivity (Wildman–Crippen MR) is 129 cm³/mol. The first-order valence-corrected chi connectivity index (χ1v) is 11.7. The van der Waals surface area contributed by atoms with Gasteiger partial charge in [0, 0.05) is 24.3 Å². The molecule has 4 rings (SSSR count). The third kappa shape index (κ3) is 4.73. The van der Waals surface area contributed by atoms with Crippen molar-refractivity contribution in [3.8, 4) is 0 Å². The van der Waals surface area contributed by atoms with Gasteiger partial charge in [-0.2, -0.15) is 21.9 Å². The molecule has 0 radical (unpaired) electrons. The summed E-state index contributed by atoms with van der Waals surface area (Å²) in [7, 11) is 0. The van der Waals surface area contributed by atoms with E-state index >= 15 is 35.1 Å². The van der Waals surface area contributed by atoms with Crippen molar-refractivity contribution in [3.05, 3.63) is 116 Å². The number of rotatable bonds is 4. The zero-order valence-electron chi connectivity index (χ0n) is 22.4. The summed E-state index contributed by atoms with van der Waals surface area (Å²) in [4.78, 5) is 0. The summed E-state index contributed by atoms with van der Waals surface area (Å²) < 4.78 is 181. The van der Waals surface area contributed by atoms with Crippen LogP contribution in [-0.2, 0) is 0 Å². The van der Waals surface area contributed by atoms with Gasteiger partial charge in [-0.05, 0) is 49.9 Å². The molecular weight excluding hydrogens is 598 g/mol. The minimum absolute atomic E-state index is 0. The Bertz CT molecular complexity index is 1510. The Kier molecular flexibility index (Phi) is 9.32. The van der Waals surface area contributed by atoms with Crippen molar-refractivity contribution < 1.29 is 82.2 Å². The van der Waals surface area contributed by atoms with E-state index in [9.17, 15) is 17.6 Å². The Hall–Kier alpha value is -2.90. The first kappa shape index (κ1) is 33.6. The van der Waals surface area contributed by atoms with Gasteiger partial charge in [-0.25, -0.2) is 52.7 Å². The second-order valence-corrected chi connectivity index (χ2v) is 9.64. The number of halogens is 12. The van der Waals surface area contributed by atoms with E-state index in [2.05, 4.69) is 0 Å². The summed E-state index contributed by atoms with van der Waals surface area (Å²) in [6.45, 7) is 2.67. The van der Waals surface area contributed by atoms with E-state index in [1.54, 1.807) is 0 Å². The van der Waals surface area contributed by atoms with Crippen LogP contribution >= 0.6 is 0 Å². The molecule has 0 aliphatic rings. The fourth-order valence-corrected chi connectivity index (χ4v) is 5.91. The Labute approximate surface area is 253 Å². The van der Waals surface area contributed by atoms with Gasteiger partial charge >= 0.3 is 29.6 Å². The molecule has 0 nitrogen and oxygen atoms in total. The Morgan fingerprint density at radius 3 is 0.667 bits per heavy atom. The number of hydrogen-bond acceptors (Lipinski definition) is 0. The summed E-state index contributed by atoms with van der Waals surface area (Å²) in [5.41, 5.74) is -9.90. The van der Waals surface area contributed by atoms with Crippen molar-refractivity contribution in [2.24, 2.45) is 0 Å². The topological polar surface area (TPSA) is 0 Å². The third-order valence-corrected chi connectivity index (χ3v) is 7.55. The summed E-state index contributed by atoms with van der Waals surface area (Å²) >= 11 is 0. The first-order valence-electron chi connectivity index (χ1n) is 11.7. The summed E-state index contributed by atoms with van der Waals surface area (Å²) in [5.74, 6) is -22.3. The maximum absolute atomic E-state index is 15.9. The molecule has 14 heteroatoms. The van der Waals surface area contributed by atoms with Crippen LogP contribution in [0.15, 0.2) is 24.3 Å². The van der Waals surface area contributed by atoms with Crippen molar-refractivity contribution in [3.63, 3.8) is 0 Å². The van der Waals surface area contributed by atoms with Crippen LogP contribution in [0.25, 0.3) is 0 Å². The van der Waals surface area contributed by atoms with Crippen LogP contribution in [0, 0.1) is 97.5 Å². The minimum atomic E-state index is -4.68. The molecule has 0 heterocycles. The summed E-state index contributed by atoms with van der Waals surface area (Å²) in [5, 5.41) is 0. The van der Waals surface area contributed by atoms with Gasteiger partial charge in [-0.3, -0.25) is 0 Å². The third-order valence-electron chi connectivity index (χ3n) is 7.55. The van der Waals surface area contributed by atoms with Gasteiger partial charge in [-0.15, -0.1) is 0 Å². The molecule has 0 aliphatic heterocycles. The molecule has 0 saturated carbocycles. The van der Waals surface area contributed by atoms with Crippen LogP contribution in [-0.4, -0.2) is 6.15 Å². The molecule has 216 valence electrons. The first-order chi connectivity index (χ1) is 19.0. The monoisotopic (exact) mass is 614 g/mol. The molecule has 0 bridgehead atoms. The van der Waals surface area contributed by atoms with E-state index in [-0.39, 0.29) is 53.8 Å². The molecule has 4 aromatic carbocycles. The molecule has 0 unspecified atom stereocenters. The standard InChI is InChI=1S/C28H16BF12.Na/c1-9-21(13(30)5-17(34)25(9)38)29(22-10(2)26(39)18(35)6-14(22)31,23-11(3)27(40)19(36)7-15(23)32)24-12(4)28(41)20(37)8-16(24)33;/h5-8H,1-4H3;/q-1;+1. The molecular formula is C28H16BF12Na. The zero-order chi connectivity index (χ0) is 30.9. The van der Waals surface area contributed by atoms with Crippen LogP contribution < -0.4 is 51.4 Å². The van der Waals surface area contributed by atoms with Crippen molar-refractivity contribution >= 4 is 28.0 Å². The minimum Gasteiger partial charge on any atom is -0.210 e. The van der Waals surface area contributed by atoms with Gasteiger partial charge in [0.05, 0.1) is 23.3 Å². The Morgan fingerprint density at radius 2 is 0.500 bits per heavy atom. The van der Waals surface area contributed by atoms with Crippen LogP contribution in [0.2, 0.25) is 0 Å². The van der Waals surface area contributed by atoms with E-state index in [0.29, 0.717) is 27.7 Å². The maximum Gasteiger partial charge on any atom is 1.00 e. The fourth-order valence-electron chi connectivity index (χ4n) is 5.91. The second-order valence-electron chi connectivity index (χ2n) is 9.64. The molecule has 0 spiro atoms. The Balaban J connectivity index is 0.00000484. The molecule has 0 N–H and O–H groups in total. The van der Waals surface area contributed by atoms with Crippen molar-refractivity contribution in [1.82, 2.24) is 0 Å². The summed E-state index contributed by atoms with van der Waals surface area (Å²) in [6, 6.07) is -0.494. The normalized spacial score (nSPS) is 11.6. The molecule has 0 aromatic heterocycles. The maximum atomic E-state index is 15.9. The van der Waals surface area contributed by atoms with Crippen LogP contribution in [0.5, 0.6) is 0 Å². The number of benzene rings is 4. The average Bonchev–Trinajstić information content (AvgIpc) is 2.87. The molecule has 0 amide bonds. The molecule has 0 saturated heterocycles. The largest absolute Gasteiger partial charge is 1.00 e. The van der Waals surface area contributed by atoms with Gasteiger partial charge in [-0.1, -0.05) is 0 Å². The zero-order valence-corrected chi connectivity index (χ0v) is 24.4. The smallest absolute Gasteiger partial charge is 0.210 e. The van der Waals surface area contributed by atoms with E-state index in [1.165, 1.54) is 0 Å². The van der Waals surface area contributed by atoms with Gasteiger partial charge < -0.3 is 0 Å². The van der Waals surface area contributed by atoms with Gasteiger partial charge in [0.1, 0.15) is 6.15 Å². The van der Waals surface area contributed by atoms with E-state index in [1.807, 2.05) is 0 Å². The molecule has 0 aliphatic carbocycles. The van der Waals surface area contributed by atoms with Crippen molar-refractivity contribution in [1.29, 1.82) is 0 Å². The summed E-state index contributed by atoms with van der Waals surface area (Å²) in [6.07, 6.45) is -4.68. The molecule has 4 aromatic rings.